The van der Waals surface area contributed by atoms with E-state index in [0.29, 0.717) is 6.42 Å². The van der Waals surface area contributed by atoms with E-state index in [2.05, 4.69) is 38.2 Å². The van der Waals surface area contributed by atoms with Gasteiger partial charge in [-0.25, -0.2) is 0 Å². The summed E-state index contributed by atoms with van der Waals surface area (Å²) in [6.07, 6.45) is 0.134. The quantitative estimate of drug-likeness (QED) is 0.808. The fourth-order valence-electron chi connectivity index (χ4n) is 3.01. The molecule has 1 N–H and O–H groups in total. The Morgan fingerprint density at radius 2 is 1.72 bits per heavy atom. The van der Waals surface area contributed by atoms with Crippen LogP contribution in [0.25, 0.3) is 0 Å². The smallest absolute Gasteiger partial charge is 0.261 e. The van der Waals surface area contributed by atoms with Crippen molar-refractivity contribution in [2.75, 3.05) is 0 Å². The predicted molar refractivity (Wildman–Crippen MR) is 103 cm³/mol. The predicted octanol–water partition coefficient (Wildman–Crippen LogP) is 4.96. The van der Waals surface area contributed by atoms with Gasteiger partial charge < -0.3 is 10.1 Å². The third-order valence-corrected chi connectivity index (χ3v) is 4.64. The van der Waals surface area contributed by atoms with Crippen molar-refractivity contribution in [1.29, 1.82) is 0 Å². The van der Waals surface area contributed by atoms with Crippen LogP contribution < -0.4 is 10.1 Å². The molecule has 2 aromatic carbocycles. The molecule has 1 amide bonds. The van der Waals surface area contributed by atoms with Crippen LogP contribution in [0, 0.1) is 27.7 Å². The number of nitrogens with one attached hydrogen (secondary N) is 1. The summed E-state index contributed by atoms with van der Waals surface area (Å²) in [7, 11) is 0. The van der Waals surface area contributed by atoms with E-state index in [1.54, 1.807) is 0 Å². The molecule has 0 bridgehead atoms. The third-order valence-electron chi connectivity index (χ3n) is 4.64. The van der Waals surface area contributed by atoms with Crippen LogP contribution in [-0.4, -0.2) is 12.0 Å². The summed E-state index contributed by atoms with van der Waals surface area (Å²) < 4.78 is 5.90. The van der Waals surface area contributed by atoms with Crippen LogP contribution in [0.15, 0.2) is 36.4 Å². The number of hydrogen-bond donors (Lipinski definition) is 1. The van der Waals surface area contributed by atoms with Gasteiger partial charge in [0.1, 0.15) is 5.75 Å². The largest absolute Gasteiger partial charge is 0.481 e. The molecule has 2 atom stereocenters. The minimum absolute atomic E-state index is 0.0537. The fourth-order valence-corrected chi connectivity index (χ4v) is 3.01. The van der Waals surface area contributed by atoms with Crippen LogP contribution in [0.2, 0.25) is 0 Å². The second kappa shape index (κ2) is 8.19. The Kier molecular flexibility index (Phi) is 6.24. The van der Waals surface area contributed by atoms with Gasteiger partial charge in [0.15, 0.2) is 6.10 Å². The lowest BCUT2D eigenvalue weighted by Crippen LogP contribution is -2.39. The van der Waals surface area contributed by atoms with E-state index >= 15 is 0 Å². The Hall–Kier alpha value is -2.29. The zero-order valence-electron chi connectivity index (χ0n) is 16.1. The highest BCUT2D eigenvalue weighted by atomic mass is 16.5. The number of carbonyl (C=O) groups is 1. The van der Waals surface area contributed by atoms with Gasteiger partial charge in [-0.2, -0.15) is 0 Å². The molecule has 3 nitrogen and oxygen atoms in total. The highest BCUT2D eigenvalue weighted by molar-refractivity contribution is 5.81. The Morgan fingerprint density at radius 3 is 2.36 bits per heavy atom. The maximum atomic E-state index is 12.7. The van der Waals surface area contributed by atoms with Crippen molar-refractivity contribution in [3.63, 3.8) is 0 Å². The van der Waals surface area contributed by atoms with Crippen LogP contribution in [0.1, 0.15) is 54.1 Å². The number of aryl methyl sites for hydroxylation is 4. The van der Waals surface area contributed by atoms with Gasteiger partial charge in [-0.15, -0.1) is 0 Å². The number of carbonyl (C=O) groups excluding carboxylic acids is 1. The lowest BCUT2D eigenvalue weighted by Gasteiger charge is -2.22. The molecule has 0 aromatic heterocycles. The van der Waals surface area contributed by atoms with Gasteiger partial charge in [0.25, 0.3) is 5.91 Å². The topological polar surface area (TPSA) is 38.3 Å². The maximum absolute atomic E-state index is 12.7. The summed E-state index contributed by atoms with van der Waals surface area (Å²) in [6, 6.07) is 12.1. The summed E-state index contributed by atoms with van der Waals surface area (Å²) in [5.41, 5.74) is 5.98. The first-order chi connectivity index (χ1) is 11.8. The van der Waals surface area contributed by atoms with E-state index in [1.807, 2.05) is 45.0 Å². The van der Waals surface area contributed by atoms with E-state index in [9.17, 15) is 4.79 Å². The molecule has 0 fully saturated rings. The minimum Gasteiger partial charge on any atom is -0.481 e. The van der Waals surface area contributed by atoms with Crippen molar-refractivity contribution < 1.29 is 9.53 Å². The van der Waals surface area contributed by atoms with Crippen molar-refractivity contribution in [3.8, 4) is 5.75 Å². The molecule has 25 heavy (non-hydrogen) atoms. The van der Waals surface area contributed by atoms with Gasteiger partial charge in [-0.05, 0) is 81.0 Å². The molecule has 0 spiro atoms. The zero-order chi connectivity index (χ0) is 18.6. The highest BCUT2D eigenvalue weighted by Crippen LogP contribution is 2.22. The van der Waals surface area contributed by atoms with E-state index in [0.717, 1.165) is 16.9 Å². The number of rotatable bonds is 6. The second-order valence-corrected chi connectivity index (χ2v) is 6.85. The molecule has 0 radical (unpaired) electrons. The third kappa shape index (κ3) is 4.85. The van der Waals surface area contributed by atoms with Crippen molar-refractivity contribution in [2.45, 2.75) is 60.1 Å². The molecule has 0 aliphatic carbocycles. The molecule has 2 rings (SSSR count). The van der Waals surface area contributed by atoms with Crippen LogP contribution in [-0.2, 0) is 4.79 Å². The maximum Gasteiger partial charge on any atom is 0.261 e. The molecule has 0 aliphatic heterocycles. The first kappa shape index (κ1) is 19.0. The van der Waals surface area contributed by atoms with Gasteiger partial charge in [-0.1, -0.05) is 31.2 Å². The van der Waals surface area contributed by atoms with Gasteiger partial charge in [-0.3, -0.25) is 4.79 Å². The number of benzene rings is 2. The van der Waals surface area contributed by atoms with Crippen molar-refractivity contribution in [3.05, 3.63) is 64.2 Å². The van der Waals surface area contributed by atoms with Crippen LogP contribution in [0.4, 0.5) is 0 Å². The second-order valence-electron chi connectivity index (χ2n) is 6.85. The highest BCUT2D eigenvalue weighted by Gasteiger charge is 2.21. The Morgan fingerprint density at radius 1 is 1.04 bits per heavy atom. The molecule has 2 aromatic rings. The lowest BCUT2D eigenvalue weighted by molar-refractivity contribution is -0.128. The van der Waals surface area contributed by atoms with Gasteiger partial charge in [0.05, 0.1) is 6.04 Å². The van der Waals surface area contributed by atoms with Gasteiger partial charge in [0, 0.05) is 0 Å². The molecule has 0 unspecified atom stereocenters. The van der Waals surface area contributed by atoms with E-state index in [4.69, 9.17) is 4.74 Å². The molecule has 0 saturated carbocycles. The minimum atomic E-state index is -0.490. The summed E-state index contributed by atoms with van der Waals surface area (Å²) in [4.78, 5) is 12.7. The normalized spacial score (nSPS) is 13.2. The molecular formula is C22H29NO2. The van der Waals surface area contributed by atoms with Gasteiger partial charge in [0.2, 0.25) is 0 Å². The van der Waals surface area contributed by atoms with Crippen LogP contribution in [0.3, 0.4) is 0 Å². The van der Waals surface area contributed by atoms with Gasteiger partial charge >= 0.3 is 0 Å². The van der Waals surface area contributed by atoms with Crippen LogP contribution in [0.5, 0.6) is 5.75 Å². The van der Waals surface area contributed by atoms with E-state index < -0.39 is 6.10 Å². The van der Waals surface area contributed by atoms with E-state index in [1.165, 1.54) is 16.7 Å². The molecule has 0 saturated heterocycles. The average molecular weight is 339 g/mol. The Balaban J connectivity index is 2.09. The molecule has 0 aliphatic rings. The van der Waals surface area contributed by atoms with Crippen LogP contribution >= 0.6 is 0 Å². The molecular weight excluding hydrogens is 310 g/mol. The first-order valence-corrected chi connectivity index (χ1v) is 8.93. The lowest BCUT2D eigenvalue weighted by atomic mass is 9.96. The number of amides is 1. The monoisotopic (exact) mass is 339 g/mol. The molecule has 0 heterocycles. The van der Waals surface area contributed by atoms with Crippen molar-refractivity contribution >= 4 is 5.91 Å². The molecule has 134 valence electrons. The molecule has 3 heteroatoms. The van der Waals surface area contributed by atoms with Crippen molar-refractivity contribution in [1.82, 2.24) is 5.32 Å². The standard InChI is InChI=1S/C22H29NO2/c1-7-21(25-19-10-8-9-14(2)11-19)22(24)23-18(6)20-13-16(4)15(3)12-17(20)5/h8-13,18,21H,7H2,1-6H3,(H,23,24)/t18-,21+/m0/s1. The summed E-state index contributed by atoms with van der Waals surface area (Å²) in [5.74, 6) is 0.658. The average Bonchev–Trinajstić information content (AvgIpc) is 2.55. The van der Waals surface area contributed by atoms with Crippen molar-refractivity contribution in [2.24, 2.45) is 0 Å². The van der Waals surface area contributed by atoms with E-state index in [-0.39, 0.29) is 11.9 Å². The number of ether oxygens (including phenoxy) is 1. The fraction of sp³-hybridized carbons (Fsp3) is 0.409. The summed E-state index contributed by atoms with van der Waals surface area (Å²) in [6.45, 7) is 12.3. The Bertz CT molecular complexity index is 752. The zero-order valence-corrected chi connectivity index (χ0v) is 16.1. The summed E-state index contributed by atoms with van der Waals surface area (Å²) >= 11 is 0. The number of hydrogen-bond acceptors (Lipinski definition) is 2. The summed E-state index contributed by atoms with van der Waals surface area (Å²) in [5, 5.41) is 3.11. The Labute approximate surface area is 151 Å². The first-order valence-electron chi connectivity index (χ1n) is 8.93. The SMILES string of the molecule is CC[C@@H](Oc1cccc(C)c1)C(=O)N[C@@H](C)c1cc(C)c(C)cc1C.